The summed E-state index contributed by atoms with van der Waals surface area (Å²) in [6.45, 7) is 3.71. The van der Waals surface area contributed by atoms with Crippen LogP contribution >= 0.6 is 0 Å². The van der Waals surface area contributed by atoms with Gasteiger partial charge < -0.3 is 4.90 Å². The number of nitrogens with zero attached hydrogens (tertiary/aromatic N) is 1. The molecule has 0 aliphatic carbocycles. The molecule has 0 saturated heterocycles. The Kier molecular flexibility index (Phi) is 4.62. The quantitative estimate of drug-likeness (QED) is 0.909. The number of hydrogen-bond acceptors (Lipinski definition) is 3. The summed E-state index contributed by atoms with van der Waals surface area (Å²) in [6, 6.07) is 9.36. The molecular weight excluding hydrogens is 343 g/mol. The van der Waals surface area contributed by atoms with Gasteiger partial charge in [-0.2, -0.15) is 0 Å². The van der Waals surface area contributed by atoms with Crippen LogP contribution in [0.1, 0.15) is 23.6 Å². The maximum atomic E-state index is 13.6. The molecule has 0 bridgehead atoms. The lowest BCUT2D eigenvalue weighted by Crippen LogP contribution is -2.26. The third kappa shape index (κ3) is 3.57. The van der Waals surface area contributed by atoms with Gasteiger partial charge in [-0.3, -0.25) is 4.79 Å². The van der Waals surface area contributed by atoms with Crippen molar-refractivity contribution in [3.8, 4) is 0 Å². The molecule has 0 saturated carbocycles. The fraction of sp³-hybridized carbons (Fsp3) is 0.278. The van der Waals surface area contributed by atoms with Crippen LogP contribution in [-0.2, 0) is 27.8 Å². The Morgan fingerprint density at radius 3 is 2.68 bits per heavy atom. The molecule has 25 heavy (non-hydrogen) atoms. The van der Waals surface area contributed by atoms with Crippen molar-refractivity contribution in [1.29, 1.82) is 0 Å². The number of fused-ring (bicyclic) bond motifs is 1. The molecule has 1 aliphatic heterocycles. The number of anilines is 1. The maximum absolute atomic E-state index is 13.6. The number of benzene rings is 2. The summed E-state index contributed by atoms with van der Waals surface area (Å²) in [5.74, 6) is -0.424. The normalized spacial score (nSPS) is 13.8. The van der Waals surface area contributed by atoms with Crippen LogP contribution in [0.4, 0.5) is 10.1 Å². The number of carbonyl (C=O) groups excluding carboxylic acids is 1. The predicted molar refractivity (Wildman–Crippen MR) is 93.3 cm³/mol. The SMILES string of the molecule is CC(=O)N1CCc2cc(S(=O)(=O)NCc3ccc(C)c(F)c3)ccc21. The molecule has 2 aromatic rings. The molecule has 2 aromatic carbocycles. The fourth-order valence-corrected chi connectivity index (χ4v) is 3.95. The van der Waals surface area contributed by atoms with Crippen molar-refractivity contribution >= 4 is 21.6 Å². The first kappa shape index (κ1) is 17.6. The molecule has 1 aliphatic rings. The molecule has 132 valence electrons. The minimum Gasteiger partial charge on any atom is -0.312 e. The molecule has 1 N–H and O–H groups in total. The Balaban J connectivity index is 1.79. The molecule has 1 heterocycles. The number of aryl methyl sites for hydroxylation is 1. The first-order valence-electron chi connectivity index (χ1n) is 7.93. The molecular formula is C18H19FN2O3S. The molecule has 3 rings (SSSR count). The summed E-state index contributed by atoms with van der Waals surface area (Å²) >= 11 is 0. The highest BCUT2D eigenvalue weighted by Crippen LogP contribution is 2.30. The summed E-state index contributed by atoms with van der Waals surface area (Å²) in [4.78, 5) is 13.3. The van der Waals surface area contributed by atoms with E-state index in [1.54, 1.807) is 36.1 Å². The summed E-state index contributed by atoms with van der Waals surface area (Å²) in [7, 11) is -3.72. The van der Waals surface area contributed by atoms with Crippen molar-refractivity contribution < 1.29 is 17.6 Å². The van der Waals surface area contributed by atoms with Crippen LogP contribution in [0.25, 0.3) is 0 Å². The van der Waals surface area contributed by atoms with Gasteiger partial charge in [-0.05, 0) is 54.3 Å². The van der Waals surface area contributed by atoms with Gasteiger partial charge in [-0.25, -0.2) is 17.5 Å². The smallest absolute Gasteiger partial charge is 0.240 e. The maximum Gasteiger partial charge on any atom is 0.240 e. The number of sulfonamides is 1. The van der Waals surface area contributed by atoms with E-state index in [1.165, 1.54) is 19.1 Å². The van der Waals surface area contributed by atoms with Crippen LogP contribution < -0.4 is 9.62 Å². The van der Waals surface area contributed by atoms with E-state index in [0.717, 1.165) is 11.3 Å². The zero-order valence-electron chi connectivity index (χ0n) is 14.0. The van der Waals surface area contributed by atoms with E-state index in [0.29, 0.717) is 24.1 Å². The standard InChI is InChI=1S/C18H19FN2O3S/c1-12-3-4-14(9-17(12)19)11-20-25(23,24)16-5-6-18-15(10-16)7-8-21(18)13(2)22/h3-6,9-10,20H,7-8,11H2,1-2H3. The third-order valence-corrected chi connectivity index (χ3v) is 5.74. The molecule has 7 heteroatoms. The van der Waals surface area contributed by atoms with Gasteiger partial charge in [0.15, 0.2) is 0 Å². The van der Waals surface area contributed by atoms with Gasteiger partial charge >= 0.3 is 0 Å². The van der Waals surface area contributed by atoms with Crippen LogP contribution in [0.15, 0.2) is 41.3 Å². The zero-order chi connectivity index (χ0) is 18.2. The molecule has 5 nitrogen and oxygen atoms in total. The molecule has 0 fully saturated rings. The minimum atomic E-state index is -3.72. The summed E-state index contributed by atoms with van der Waals surface area (Å²) in [5, 5.41) is 0. The molecule has 0 atom stereocenters. The highest BCUT2D eigenvalue weighted by atomic mass is 32.2. The van der Waals surface area contributed by atoms with Crippen LogP contribution in [-0.4, -0.2) is 20.9 Å². The lowest BCUT2D eigenvalue weighted by Gasteiger charge is -2.15. The van der Waals surface area contributed by atoms with E-state index in [-0.39, 0.29) is 23.2 Å². The topological polar surface area (TPSA) is 66.5 Å². The van der Waals surface area contributed by atoms with E-state index in [4.69, 9.17) is 0 Å². The Hall–Kier alpha value is -2.25. The van der Waals surface area contributed by atoms with Crippen molar-refractivity contribution in [1.82, 2.24) is 4.72 Å². The average Bonchev–Trinajstić information content (AvgIpc) is 2.99. The second-order valence-electron chi connectivity index (χ2n) is 6.12. The summed E-state index contributed by atoms with van der Waals surface area (Å²) < 4.78 is 41.0. The van der Waals surface area contributed by atoms with Gasteiger partial charge in [0, 0.05) is 25.7 Å². The van der Waals surface area contributed by atoms with Crippen LogP contribution in [0.2, 0.25) is 0 Å². The second-order valence-corrected chi connectivity index (χ2v) is 7.89. The minimum absolute atomic E-state index is 0.0101. The Labute approximate surface area is 146 Å². The van der Waals surface area contributed by atoms with Gasteiger partial charge in [0.05, 0.1) is 4.90 Å². The van der Waals surface area contributed by atoms with Crippen LogP contribution in [0.3, 0.4) is 0 Å². The Bertz CT molecular complexity index is 941. The molecule has 0 spiro atoms. The van der Waals surface area contributed by atoms with Crippen molar-refractivity contribution in [2.45, 2.75) is 31.7 Å². The average molecular weight is 362 g/mol. The lowest BCUT2D eigenvalue weighted by molar-refractivity contribution is -0.116. The van der Waals surface area contributed by atoms with E-state index in [2.05, 4.69) is 4.72 Å². The third-order valence-electron chi connectivity index (χ3n) is 4.34. The molecule has 0 unspecified atom stereocenters. The van der Waals surface area contributed by atoms with Gasteiger partial charge in [-0.1, -0.05) is 12.1 Å². The second kappa shape index (κ2) is 6.57. The van der Waals surface area contributed by atoms with Gasteiger partial charge in [0.25, 0.3) is 0 Å². The number of amides is 1. The van der Waals surface area contributed by atoms with Gasteiger partial charge in [0.2, 0.25) is 15.9 Å². The van der Waals surface area contributed by atoms with Crippen molar-refractivity contribution in [3.05, 3.63) is 58.9 Å². The number of hydrogen-bond donors (Lipinski definition) is 1. The predicted octanol–water partition coefficient (Wildman–Crippen LogP) is 2.52. The summed E-state index contributed by atoms with van der Waals surface area (Å²) in [6.07, 6.45) is 0.626. The number of nitrogens with one attached hydrogen (secondary N) is 1. The largest absolute Gasteiger partial charge is 0.312 e. The van der Waals surface area contributed by atoms with Crippen LogP contribution in [0, 0.1) is 12.7 Å². The highest BCUT2D eigenvalue weighted by molar-refractivity contribution is 7.89. The molecule has 0 aromatic heterocycles. The first-order chi connectivity index (χ1) is 11.8. The number of rotatable bonds is 4. The summed E-state index contributed by atoms with van der Waals surface area (Å²) in [5.41, 5.74) is 2.65. The zero-order valence-corrected chi connectivity index (χ0v) is 14.9. The van der Waals surface area contributed by atoms with E-state index >= 15 is 0 Å². The van der Waals surface area contributed by atoms with Crippen LogP contribution in [0.5, 0.6) is 0 Å². The first-order valence-corrected chi connectivity index (χ1v) is 9.42. The van der Waals surface area contributed by atoms with Crippen molar-refractivity contribution in [2.24, 2.45) is 0 Å². The Morgan fingerprint density at radius 2 is 2.00 bits per heavy atom. The monoisotopic (exact) mass is 362 g/mol. The number of carbonyl (C=O) groups is 1. The lowest BCUT2D eigenvalue weighted by atomic mass is 10.1. The van der Waals surface area contributed by atoms with Crippen molar-refractivity contribution in [2.75, 3.05) is 11.4 Å². The Morgan fingerprint density at radius 1 is 1.24 bits per heavy atom. The van der Waals surface area contributed by atoms with Gasteiger partial charge in [-0.15, -0.1) is 0 Å². The van der Waals surface area contributed by atoms with E-state index in [9.17, 15) is 17.6 Å². The highest BCUT2D eigenvalue weighted by Gasteiger charge is 2.24. The fourth-order valence-electron chi connectivity index (χ4n) is 2.88. The van der Waals surface area contributed by atoms with E-state index < -0.39 is 10.0 Å². The number of halogens is 1. The molecule has 0 radical (unpaired) electrons. The van der Waals surface area contributed by atoms with Gasteiger partial charge in [0.1, 0.15) is 5.82 Å². The molecule has 1 amide bonds. The van der Waals surface area contributed by atoms with Crippen molar-refractivity contribution in [3.63, 3.8) is 0 Å². The van der Waals surface area contributed by atoms with E-state index in [1.807, 2.05) is 0 Å².